The summed E-state index contributed by atoms with van der Waals surface area (Å²) in [4.78, 5) is 53.4. The van der Waals surface area contributed by atoms with E-state index >= 15 is 0 Å². The van der Waals surface area contributed by atoms with Crippen LogP contribution in [0.1, 0.15) is 26.3 Å². The lowest BCUT2D eigenvalue weighted by atomic mass is 10.2. The number of nitro groups is 1. The van der Waals surface area contributed by atoms with Gasteiger partial charge in [-0.1, -0.05) is 13.0 Å². The minimum atomic E-state index is -1.13. The average molecular weight is 398 g/mol. The van der Waals surface area contributed by atoms with Crippen LogP contribution in [0.15, 0.2) is 52.2 Å². The van der Waals surface area contributed by atoms with Crippen LogP contribution in [0, 0.1) is 10.1 Å². The maximum atomic E-state index is 13.3. The van der Waals surface area contributed by atoms with Gasteiger partial charge in [-0.2, -0.15) is 0 Å². The number of nitrogens with zero attached hydrogens (tertiary/aromatic N) is 4. The van der Waals surface area contributed by atoms with Crippen molar-refractivity contribution in [1.29, 1.82) is 0 Å². The topological polar surface area (TPSA) is 126 Å². The average Bonchev–Trinajstić information content (AvgIpc) is 2.71. The van der Waals surface area contributed by atoms with Crippen molar-refractivity contribution >= 4 is 22.7 Å². The zero-order valence-corrected chi connectivity index (χ0v) is 15.8. The van der Waals surface area contributed by atoms with Crippen molar-refractivity contribution in [2.75, 3.05) is 6.61 Å². The first kappa shape index (κ1) is 19.9. The normalized spacial score (nSPS) is 11.9. The third-order valence-corrected chi connectivity index (χ3v) is 4.40. The molecule has 0 N–H and O–H groups in total. The van der Waals surface area contributed by atoms with Gasteiger partial charge >= 0.3 is 11.7 Å². The highest BCUT2D eigenvalue weighted by Crippen LogP contribution is 2.19. The number of fused-ring (bicyclic) bond motifs is 1. The predicted molar refractivity (Wildman–Crippen MR) is 104 cm³/mol. The zero-order chi connectivity index (χ0) is 21.1. The molecule has 29 heavy (non-hydrogen) atoms. The van der Waals surface area contributed by atoms with E-state index < -0.39 is 28.2 Å². The van der Waals surface area contributed by atoms with Gasteiger partial charge in [-0.15, -0.1) is 0 Å². The molecule has 1 aromatic carbocycles. The van der Waals surface area contributed by atoms with Crippen LogP contribution in [-0.2, 0) is 9.53 Å². The van der Waals surface area contributed by atoms with Crippen molar-refractivity contribution in [1.82, 2.24) is 14.1 Å². The number of carbonyl (C=O) groups excluding carboxylic acids is 1. The van der Waals surface area contributed by atoms with Gasteiger partial charge in [-0.25, -0.2) is 23.7 Å². The Morgan fingerprint density at radius 3 is 2.66 bits per heavy atom. The van der Waals surface area contributed by atoms with Gasteiger partial charge in [0.2, 0.25) is 0 Å². The first-order chi connectivity index (χ1) is 13.9. The van der Waals surface area contributed by atoms with Gasteiger partial charge in [-0.3, -0.25) is 14.9 Å². The summed E-state index contributed by atoms with van der Waals surface area (Å²) in [5.41, 5.74) is -1.55. The van der Waals surface area contributed by atoms with Crippen molar-refractivity contribution in [2.24, 2.45) is 0 Å². The maximum Gasteiger partial charge on any atom is 0.338 e. The number of benzene rings is 1. The predicted octanol–water partition coefficient (Wildman–Crippen LogP) is 1.97. The van der Waals surface area contributed by atoms with Crippen LogP contribution in [-0.4, -0.2) is 31.6 Å². The van der Waals surface area contributed by atoms with E-state index in [2.05, 4.69) is 4.98 Å². The second-order valence-corrected chi connectivity index (χ2v) is 6.12. The van der Waals surface area contributed by atoms with E-state index in [1.54, 1.807) is 13.8 Å². The number of pyridine rings is 1. The molecule has 1 atom stereocenters. The molecule has 2 aromatic heterocycles. The van der Waals surface area contributed by atoms with Gasteiger partial charge in [0.25, 0.3) is 11.2 Å². The van der Waals surface area contributed by atoms with E-state index in [0.717, 1.165) is 9.13 Å². The van der Waals surface area contributed by atoms with E-state index in [0.29, 0.717) is 0 Å². The largest absolute Gasteiger partial charge is 0.464 e. The lowest BCUT2D eigenvalue weighted by Gasteiger charge is -2.19. The van der Waals surface area contributed by atoms with Crippen molar-refractivity contribution in [3.05, 3.63) is 73.5 Å². The van der Waals surface area contributed by atoms with Crippen LogP contribution in [0.5, 0.6) is 0 Å². The minimum Gasteiger partial charge on any atom is -0.464 e. The molecule has 0 amide bonds. The lowest BCUT2D eigenvalue weighted by Crippen LogP contribution is -2.44. The summed E-state index contributed by atoms with van der Waals surface area (Å²) in [7, 11) is 0. The Kier molecular flexibility index (Phi) is 5.53. The lowest BCUT2D eigenvalue weighted by molar-refractivity contribution is -0.384. The van der Waals surface area contributed by atoms with Crippen molar-refractivity contribution in [3.63, 3.8) is 0 Å². The Hall–Kier alpha value is -3.82. The number of carbonyl (C=O) groups is 1. The third-order valence-electron chi connectivity index (χ3n) is 4.40. The Labute approximate surface area is 164 Å². The molecule has 0 aliphatic heterocycles. The van der Waals surface area contributed by atoms with Crippen LogP contribution in [0.3, 0.4) is 0 Å². The van der Waals surface area contributed by atoms with E-state index in [4.69, 9.17) is 4.74 Å². The van der Waals surface area contributed by atoms with E-state index in [1.807, 2.05) is 0 Å². The molecule has 3 aromatic rings. The molecule has 10 heteroatoms. The summed E-state index contributed by atoms with van der Waals surface area (Å²) >= 11 is 0. The van der Waals surface area contributed by atoms with Crippen LogP contribution in [0.2, 0.25) is 0 Å². The van der Waals surface area contributed by atoms with Crippen molar-refractivity contribution in [2.45, 2.75) is 26.3 Å². The molecule has 0 aliphatic rings. The molecule has 150 valence electrons. The summed E-state index contributed by atoms with van der Waals surface area (Å²) in [5.74, 6) is -0.706. The SMILES string of the molecule is CCOC(=O)[C@H](CC)n1c(=O)c2cccnc2n(-c2cccc([N+](=O)[O-])c2)c1=O. The summed E-state index contributed by atoms with van der Waals surface area (Å²) < 4.78 is 6.92. The molecule has 3 rings (SSSR count). The molecule has 0 fully saturated rings. The molecule has 0 bridgehead atoms. The Morgan fingerprint density at radius 1 is 1.24 bits per heavy atom. The van der Waals surface area contributed by atoms with Gasteiger partial charge in [0.05, 0.1) is 22.6 Å². The van der Waals surface area contributed by atoms with E-state index in [9.17, 15) is 24.5 Å². The third kappa shape index (κ3) is 3.51. The molecule has 0 unspecified atom stereocenters. The maximum absolute atomic E-state index is 13.3. The number of esters is 1. The van der Waals surface area contributed by atoms with Gasteiger partial charge in [0, 0.05) is 18.3 Å². The van der Waals surface area contributed by atoms with E-state index in [-0.39, 0.29) is 35.4 Å². The molecule has 10 nitrogen and oxygen atoms in total. The molecule has 0 spiro atoms. The zero-order valence-electron chi connectivity index (χ0n) is 15.8. The first-order valence-electron chi connectivity index (χ1n) is 8.94. The summed E-state index contributed by atoms with van der Waals surface area (Å²) in [6.45, 7) is 3.37. The molecular weight excluding hydrogens is 380 g/mol. The summed E-state index contributed by atoms with van der Waals surface area (Å²) in [5, 5.41) is 11.3. The van der Waals surface area contributed by atoms with Gasteiger partial charge in [0.15, 0.2) is 5.65 Å². The van der Waals surface area contributed by atoms with Gasteiger partial charge in [0.1, 0.15) is 6.04 Å². The second-order valence-electron chi connectivity index (χ2n) is 6.12. The Morgan fingerprint density at radius 2 is 2.00 bits per heavy atom. The highest BCUT2D eigenvalue weighted by molar-refractivity contribution is 5.78. The molecule has 2 heterocycles. The highest BCUT2D eigenvalue weighted by atomic mass is 16.6. The van der Waals surface area contributed by atoms with Crippen molar-refractivity contribution in [3.8, 4) is 5.69 Å². The fourth-order valence-electron chi connectivity index (χ4n) is 3.10. The number of rotatable bonds is 6. The summed E-state index contributed by atoms with van der Waals surface area (Å²) in [6.07, 6.45) is 1.55. The number of nitro benzene ring substituents is 1. The standard InChI is InChI=1S/C19H18N4O6/c1-3-15(18(25)29-4-2)22-17(24)14-9-6-10-20-16(14)21(19(22)26)12-7-5-8-13(11-12)23(27)28/h5-11,15H,3-4H2,1-2H3/t15-/m0/s1. The smallest absolute Gasteiger partial charge is 0.338 e. The quantitative estimate of drug-likeness (QED) is 0.353. The van der Waals surface area contributed by atoms with Crippen LogP contribution in [0.4, 0.5) is 5.69 Å². The van der Waals surface area contributed by atoms with Crippen LogP contribution < -0.4 is 11.2 Å². The number of non-ortho nitro benzene ring substituents is 1. The van der Waals surface area contributed by atoms with Gasteiger partial charge in [-0.05, 0) is 31.5 Å². The van der Waals surface area contributed by atoms with E-state index in [1.165, 1.54) is 42.6 Å². The molecule has 0 saturated heterocycles. The van der Waals surface area contributed by atoms with Gasteiger partial charge < -0.3 is 4.74 Å². The monoisotopic (exact) mass is 398 g/mol. The summed E-state index contributed by atoms with van der Waals surface area (Å²) in [6, 6.07) is 7.27. The molecule has 0 radical (unpaired) electrons. The Balaban J connectivity index is 2.41. The van der Waals surface area contributed by atoms with Crippen LogP contribution >= 0.6 is 0 Å². The fraction of sp³-hybridized carbons (Fsp3) is 0.263. The minimum absolute atomic E-state index is 0.0398. The number of hydrogen-bond donors (Lipinski definition) is 0. The second kappa shape index (κ2) is 8.05. The number of hydrogen-bond acceptors (Lipinski definition) is 7. The molecular formula is C19H18N4O6. The molecule has 0 saturated carbocycles. The first-order valence-corrected chi connectivity index (χ1v) is 8.94. The fourth-order valence-corrected chi connectivity index (χ4v) is 3.10. The number of aromatic nitrogens is 3. The van der Waals surface area contributed by atoms with Crippen molar-refractivity contribution < 1.29 is 14.5 Å². The van der Waals surface area contributed by atoms with Crippen LogP contribution in [0.25, 0.3) is 16.7 Å². The molecule has 0 aliphatic carbocycles. The highest BCUT2D eigenvalue weighted by Gasteiger charge is 2.27. The Bertz CT molecular complexity index is 1210. The number of ether oxygens (including phenoxy) is 1.